The van der Waals surface area contributed by atoms with Gasteiger partial charge in [0, 0.05) is 38.1 Å². The molecule has 1 aromatic rings. The molecule has 16 heavy (non-hydrogen) atoms. The van der Waals surface area contributed by atoms with Crippen molar-refractivity contribution < 1.29 is 5.11 Å². The van der Waals surface area contributed by atoms with Gasteiger partial charge in [-0.25, -0.2) is 10.8 Å². The molecule has 0 spiro atoms. The molecule has 1 heterocycles. The molecule has 0 saturated heterocycles. The van der Waals surface area contributed by atoms with Gasteiger partial charge in [0.1, 0.15) is 5.82 Å². The Hall–Kier alpha value is -1.33. The number of rotatable bonds is 7. The van der Waals surface area contributed by atoms with Gasteiger partial charge in [0.25, 0.3) is 0 Å². The molecule has 0 aromatic carbocycles. The van der Waals surface area contributed by atoms with Crippen molar-refractivity contribution in [3.05, 3.63) is 18.3 Å². The van der Waals surface area contributed by atoms with Gasteiger partial charge in [-0.3, -0.25) is 0 Å². The number of aromatic nitrogens is 1. The lowest BCUT2D eigenvalue weighted by atomic mass is 10.2. The van der Waals surface area contributed by atoms with E-state index in [1.165, 1.54) is 0 Å². The average Bonchev–Trinajstić information content (AvgIpc) is 2.34. The van der Waals surface area contributed by atoms with Gasteiger partial charge >= 0.3 is 0 Å². The van der Waals surface area contributed by atoms with Crippen LogP contribution in [0, 0.1) is 0 Å². The monoisotopic (exact) mass is 224 g/mol. The van der Waals surface area contributed by atoms with Crippen molar-refractivity contribution in [2.24, 2.45) is 5.84 Å². The summed E-state index contributed by atoms with van der Waals surface area (Å²) in [6.07, 6.45) is 4.73. The Kier molecular flexibility index (Phi) is 5.60. The zero-order chi connectivity index (χ0) is 11.8. The highest BCUT2D eigenvalue weighted by Gasteiger charge is 2.01. The lowest BCUT2D eigenvalue weighted by molar-refractivity contribution is 0.283. The first-order chi connectivity index (χ1) is 7.77. The Morgan fingerprint density at radius 1 is 1.44 bits per heavy atom. The van der Waals surface area contributed by atoms with Crippen molar-refractivity contribution in [1.82, 2.24) is 4.98 Å². The molecular weight excluding hydrogens is 204 g/mol. The first-order valence-corrected chi connectivity index (χ1v) is 5.52. The molecule has 0 atom stereocenters. The first kappa shape index (κ1) is 12.7. The van der Waals surface area contributed by atoms with Crippen LogP contribution in [-0.4, -0.2) is 30.3 Å². The van der Waals surface area contributed by atoms with E-state index in [1.54, 1.807) is 6.20 Å². The van der Waals surface area contributed by atoms with Crippen LogP contribution in [0.25, 0.3) is 0 Å². The third kappa shape index (κ3) is 4.04. The van der Waals surface area contributed by atoms with Crippen LogP contribution in [0.1, 0.15) is 19.3 Å². The summed E-state index contributed by atoms with van der Waals surface area (Å²) in [4.78, 5) is 6.21. The average molecular weight is 224 g/mol. The van der Waals surface area contributed by atoms with Crippen molar-refractivity contribution in [1.29, 1.82) is 0 Å². The van der Waals surface area contributed by atoms with Crippen molar-refractivity contribution in [3.63, 3.8) is 0 Å². The number of pyridine rings is 1. The number of nitrogens with two attached hydrogens (primary N) is 1. The Balaban J connectivity index is 2.42. The zero-order valence-electron chi connectivity index (χ0n) is 9.69. The third-order valence-corrected chi connectivity index (χ3v) is 2.48. The number of hydrazine groups is 1. The van der Waals surface area contributed by atoms with Crippen LogP contribution in [0.2, 0.25) is 0 Å². The fourth-order valence-corrected chi connectivity index (χ4v) is 1.50. The highest BCUT2D eigenvalue weighted by Crippen LogP contribution is 2.15. The lowest BCUT2D eigenvalue weighted by Crippen LogP contribution is -2.19. The summed E-state index contributed by atoms with van der Waals surface area (Å²) in [5.41, 5.74) is 3.62. The topological polar surface area (TPSA) is 74.4 Å². The second-order valence-electron chi connectivity index (χ2n) is 3.75. The van der Waals surface area contributed by atoms with Gasteiger partial charge in [0.15, 0.2) is 0 Å². The van der Waals surface area contributed by atoms with Crippen LogP contribution in [0.15, 0.2) is 18.3 Å². The van der Waals surface area contributed by atoms with E-state index >= 15 is 0 Å². The molecule has 0 unspecified atom stereocenters. The molecule has 0 amide bonds. The van der Waals surface area contributed by atoms with Crippen molar-refractivity contribution in [2.45, 2.75) is 19.3 Å². The lowest BCUT2D eigenvalue weighted by Gasteiger charge is -2.19. The van der Waals surface area contributed by atoms with Gasteiger partial charge in [0.2, 0.25) is 0 Å². The summed E-state index contributed by atoms with van der Waals surface area (Å²) in [5.74, 6) is 5.97. The van der Waals surface area contributed by atoms with Crippen LogP contribution in [-0.2, 0) is 0 Å². The van der Waals surface area contributed by atoms with Crippen LogP contribution < -0.4 is 16.2 Å². The highest BCUT2D eigenvalue weighted by molar-refractivity contribution is 5.52. The Bertz CT molecular complexity index is 306. The maximum absolute atomic E-state index is 8.67. The van der Waals surface area contributed by atoms with E-state index in [4.69, 9.17) is 10.9 Å². The van der Waals surface area contributed by atoms with Crippen LogP contribution >= 0.6 is 0 Å². The van der Waals surface area contributed by atoms with Crippen LogP contribution in [0.3, 0.4) is 0 Å². The zero-order valence-corrected chi connectivity index (χ0v) is 9.69. The maximum Gasteiger partial charge on any atom is 0.141 e. The molecule has 0 aliphatic rings. The minimum Gasteiger partial charge on any atom is -0.396 e. The molecular formula is C11H20N4O. The number of nitrogen functional groups attached to an aromatic ring is 1. The number of aliphatic hydroxyl groups is 1. The van der Waals surface area contributed by atoms with Gasteiger partial charge < -0.3 is 15.4 Å². The van der Waals surface area contributed by atoms with E-state index in [-0.39, 0.29) is 6.61 Å². The van der Waals surface area contributed by atoms with E-state index in [9.17, 15) is 0 Å². The predicted molar refractivity (Wildman–Crippen MR) is 66.3 cm³/mol. The molecule has 1 aromatic heterocycles. The summed E-state index contributed by atoms with van der Waals surface area (Å²) in [5, 5.41) is 8.67. The molecule has 1 rings (SSSR count). The maximum atomic E-state index is 8.67. The molecule has 4 N–H and O–H groups in total. The Morgan fingerprint density at radius 2 is 2.25 bits per heavy atom. The number of unbranched alkanes of at least 4 members (excludes halogenated alkanes) is 2. The third-order valence-electron chi connectivity index (χ3n) is 2.48. The standard InChI is InChI=1S/C11H20N4O/c1-15(7-3-2-4-8-16)10-5-6-13-11(9-10)14-12/h5-6,9,16H,2-4,7-8,12H2,1H3,(H,13,14). The number of nitrogens with zero attached hydrogens (tertiary/aromatic N) is 2. The smallest absolute Gasteiger partial charge is 0.141 e. The quantitative estimate of drug-likeness (QED) is 0.365. The summed E-state index contributed by atoms with van der Waals surface area (Å²) < 4.78 is 0. The van der Waals surface area contributed by atoms with Gasteiger partial charge in [0.05, 0.1) is 0 Å². The summed E-state index contributed by atoms with van der Waals surface area (Å²) in [6.45, 7) is 1.24. The SMILES string of the molecule is CN(CCCCCO)c1ccnc(NN)c1. The normalized spacial score (nSPS) is 10.2. The van der Waals surface area contributed by atoms with E-state index in [0.29, 0.717) is 5.82 Å². The van der Waals surface area contributed by atoms with E-state index in [1.807, 2.05) is 19.2 Å². The predicted octanol–water partition coefficient (Wildman–Crippen LogP) is 0.966. The minimum absolute atomic E-state index is 0.278. The van der Waals surface area contributed by atoms with Crippen LogP contribution in [0.4, 0.5) is 11.5 Å². The van der Waals surface area contributed by atoms with Gasteiger partial charge in [-0.05, 0) is 25.3 Å². The van der Waals surface area contributed by atoms with Crippen molar-refractivity contribution in [3.8, 4) is 0 Å². The number of hydrogen-bond acceptors (Lipinski definition) is 5. The van der Waals surface area contributed by atoms with Gasteiger partial charge in [-0.15, -0.1) is 0 Å². The fraction of sp³-hybridized carbons (Fsp3) is 0.545. The first-order valence-electron chi connectivity index (χ1n) is 5.52. The molecule has 0 saturated carbocycles. The minimum atomic E-state index is 0.278. The summed E-state index contributed by atoms with van der Waals surface area (Å²) >= 11 is 0. The van der Waals surface area contributed by atoms with Crippen LogP contribution in [0.5, 0.6) is 0 Å². The molecule has 5 heteroatoms. The van der Waals surface area contributed by atoms with E-state index in [2.05, 4.69) is 15.3 Å². The molecule has 0 radical (unpaired) electrons. The molecule has 0 aliphatic carbocycles. The number of aliphatic hydroxyl groups excluding tert-OH is 1. The molecule has 0 bridgehead atoms. The number of hydrogen-bond donors (Lipinski definition) is 3. The van der Waals surface area contributed by atoms with E-state index in [0.717, 1.165) is 31.5 Å². The second kappa shape index (κ2) is 7.03. The summed E-state index contributed by atoms with van der Waals surface area (Å²) in [6, 6.07) is 3.86. The van der Waals surface area contributed by atoms with Crippen molar-refractivity contribution in [2.75, 3.05) is 30.5 Å². The Labute approximate surface area is 96.3 Å². The summed E-state index contributed by atoms with van der Waals surface area (Å²) in [7, 11) is 2.04. The van der Waals surface area contributed by atoms with Crippen molar-refractivity contribution >= 4 is 11.5 Å². The number of anilines is 2. The van der Waals surface area contributed by atoms with E-state index < -0.39 is 0 Å². The largest absolute Gasteiger partial charge is 0.396 e. The fourth-order valence-electron chi connectivity index (χ4n) is 1.50. The highest BCUT2D eigenvalue weighted by atomic mass is 16.2. The van der Waals surface area contributed by atoms with Gasteiger partial charge in [-0.2, -0.15) is 0 Å². The molecule has 0 aliphatic heterocycles. The molecule has 0 fully saturated rings. The number of nitrogens with one attached hydrogen (secondary N) is 1. The molecule has 5 nitrogen and oxygen atoms in total. The molecule has 90 valence electrons. The van der Waals surface area contributed by atoms with Gasteiger partial charge in [-0.1, -0.05) is 0 Å². The Morgan fingerprint density at radius 3 is 2.94 bits per heavy atom. The second-order valence-corrected chi connectivity index (χ2v) is 3.75.